The van der Waals surface area contributed by atoms with Gasteiger partial charge in [-0.2, -0.15) is 9.97 Å². The van der Waals surface area contributed by atoms with Crippen molar-refractivity contribution in [2.45, 2.75) is 0 Å². The molecule has 0 amide bonds. The van der Waals surface area contributed by atoms with Gasteiger partial charge < -0.3 is 9.47 Å². The summed E-state index contributed by atoms with van der Waals surface area (Å²) in [6.07, 6.45) is 1.26. The van der Waals surface area contributed by atoms with E-state index in [2.05, 4.69) is 25.5 Å². The van der Waals surface area contributed by atoms with Gasteiger partial charge in [-0.05, 0) is 10.4 Å². The number of aromatic nitrogens is 6. The van der Waals surface area contributed by atoms with Gasteiger partial charge in [0.1, 0.15) is 6.33 Å². The Labute approximate surface area is 89.0 Å². The summed E-state index contributed by atoms with van der Waals surface area (Å²) in [4.78, 5) is 19.1. The first-order valence-corrected chi connectivity index (χ1v) is 4.21. The minimum atomic E-state index is -0.536. The molecule has 1 N–H and O–H groups in total. The molecule has 0 aliphatic rings. The van der Waals surface area contributed by atoms with Crippen LogP contribution in [0.15, 0.2) is 11.1 Å². The average Bonchev–Trinajstić information content (AvgIpc) is 2.74. The van der Waals surface area contributed by atoms with Crippen molar-refractivity contribution in [1.29, 1.82) is 0 Å². The Morgan fingerprint density at radius 1 is 1.25 bits per heavy atom. The Bertz CT molecular complexity index is 525. The number of hydrogen-bond donors (Lipinski definition) is 1. The Morgan fingerprint density at radius 3 is 2.31 bits per heavy atom. The first kappa shape index (κ1) is 10.1. The molecule has 0 aliphatic heterocycles. The molecule has 0 saturated heterocycles. The lowest BCUT2D eigenvalue weighted by molar-refractivity contribution is 0.365. The lowest BCUT2D eigenvalue weighted by atomic mass is 10.5. The molecule has 9 heteroatoms. The van der Waals surface area contributed by atoms with E-state index < -0.39 is 5.69 Å². The zero-order valence-corrected chi connectivity index (χ0v) is 8.54. The van der Waals surface area contributed by atoms with Gasteiger partial charge in [0, 0.05) is 0 Å². The Morgan fingerprint density at radius 2 is 1.88 bits per heavy atom. The number of hydrogen-bond acceptors (Lipinski definition) is 7. The van der Waals surface area contributed by atoms with Gasteiger partial charge in [0.05, 0.1) is 14.2 Å². The van der Waals surface area contributed by atoms with Gasteiger partial charge in [-0.1, -0.05) is 0 Å². The zero-order chi connectivity index (χ0) is 11.5. The van der Waals surface area contributed by atoms with Crippen LogP contribution in [0.3, 0.4) is 0 Å². The Hall–Kier alpha value is -2.45. The predicted molar refractivity (Wildman–Crippen MR) is 50.7 cm³/mol. The molecule has 0 aliphatic carbocycles. The highest BCUT2D eigenvalue weighted by Crippen LogP contribution is 2.25. The van der Waals surface area contributed by atoms with E-state index in [1.165, 1.54) is 20.5 Å². The second-order valence-corrected chi connectivity index (χ2v) is 2.66. The minimum absolute atomic E-state index is 0.169. The topological polar surface area (TPSA) is 108 Å². The van der Waals surface area contributed by atoms with E-state index in [4.69, 9.17) is 9.47 Å². The lowest BCUT2D eigenvalue weighted by Gasteiger charge is -2.08. The molecule has 0 spiro atoms. The molecule has 0 unspecified atom stereocenters. The summed E-state index contributed by atoms with van der Waals surface area (Å²) in [6.45, 7) is 0. The summed E-state index contributed by atoms with van der Waals surface area (Å²) in [7, 11) is 2.83. The monoisotopic (exact) mass is 224 g/mol. The number of nitrogens with one attached hydrogen (secondary N) is 1. The van der Waals surface area contributed by atoms with Crippen LogP contribution in [0.2, 0.25) is 0 Å². The van der Waals surface area contributed by atoms with Crippen molar-refractivity contribution < 1.29 is 9.47 Å². The summed E-state index contributed by atoms with van der Waals surface area (Å²) in [5.74, 6) is 0.339. The molecule has 9 nitrogen and oxygen atoms in total. The van der Waals surface area contributed by atoms with Crippen LogP contribution in [0.25, 0.3) is 5.69 Å². The van der Waals surface area contributed by atoms with Crippen LogP contribution in [0, 0.1) is 0 Å². The van der Waals surface area contributed by atoms with Crippen molar-refractivity contribution in [3.63, 3.8) is 0 Å². The number of aromatic amines is 1. The normalized spacial score (nSPS) is 10.1. The molecule has 0 radical (unpaired) electrons. The molecule has 0 fully saturated rings. The Balaban J connectivity index is 2.71. The number of ether oxygens (including phenoxy) is 2. The molecule has 2 aromatic heterocycles. The fraction of sp³-hybridized carbons (Fsp3) is 0.286. The van der Waals surface area contributed by atoms with Crippen molar-refractivity contribution >= 4 is 0 Å². The van der Waals surface area contributed by atoms with Gasteiger partial charge in [-0.15, -0.1) is 4.68 Å². The van der Waals surface area contributed by atoms with Gasteiger partial charge in [0.15, 0.2) is 5.69 Å². The maximum atomic E-state index is 11.4. The average molecular weight is 224 g/mol. The van der Waals surface area contributed by atoms with Crippen LogP contribution in [0.4, 0.5) is 0 Å². The van der Waals surface area contributed by atoms with Crippen molar-refractivity contribution in [1.82, 2.24) is 30.2 Å². The smallest absolute Gasteiger partial charge is 0.366 e. The highest BCUT2D eigenvalue weighted by molar-refractivity contribution is 5.48. The van der Waals surface area contributed by atoms with Gasteiger partial charge >= 0.3 is 5.69 Å². The van der Waals surface area contributed by atoms with Crippen LogP contribution in [-0.4, -0.2) is 44.4 Å². The summed E-state index contributed by atoms with van der Waals surface area (Å²) in [6, 6.07) is 0. The molecule has 16 heavy (non-hydrogen) atoms. The molecule has 2 aromatic rings. The quantitative estimate of drug-likeness (QED) is 0.694. The zero-order valence-electron chi connectivity index (χ0n) is 8.54. The van der Waals surface area contributed by atoms with Crippen LogP contribution in [0.5, 0.6) is 11.8 Å². The summed E-state index contributed by atoms with van der Waals surface area (Å²) < 4.78 is 10.9. The SMILES string of the molecule is COc1ncnc(OC)c1-n1nn[nH]c1=O. The van der Waals surface area contributed by atoms with Crippen LogP contribution in [-0.2, 0) is 0 Å². The Kier molecular flexibility index (Phi) is 2.50. The summed E-state index contributed by atoms with van der Waals surface area (Å²) in [5.41, 5.74) is -0.336. The third kappa shape index (κ3) is 1.47. The fourth-order valence-corrected chi connectivity index (χ4v) is 1.17. The molecule has 0 saturated carbocycles. The van der Waals surface area contributed by atoms with Gasteiger partial charge in [-0.3, -0.25) is 0 Å². The third-order valence-corrected chi connectivity index (χ3v) is 1.83. The summed E-state index contributed by atoms with van der Waals surface area (Å²) in [5, 5.41) is 9.07. The van der Waals surface area contributed by atoms with E-state index in [9.17, 15) is 4.79 Å². The molecule has 0 atom stereocenters. The molecule has 0 aromatic carbocycles. The second kappa shape index (κ2) is 3.96. The molecule has 2 rings (SSSR count). The number of rotatable bonds is 3. The maximum absolute atomic E-state index is 11.4. The maximum Gasteiger partial charge on any atom is 0.366 e. The second-order valence-electron chi connectivity index (χ2n) is 2.66. The molecular formula is C7H8N6O3. The van der Waals surface area contributed by atoms with Gasteiger partial charge in [0.25, 0.3) is 0 Å². The number of tetrazole rings is 1. The first-order valence-electron chi connectivity index (χ1n) is 4.21. The molecule has 2 heterocycles. The predicted octanol–water partition coefficient (Wildman–Crippen LogP) is -1.24. The van der Waals surface area contributed by atoms with Crippen molar-refractivity contribution in [3.8, 4) is 17.4 Å². The van der Waals surface area contributed by atoms with E-state index >= 15 is 0 Å². The molecular weight excluding hydrogens is 216 g/mol. The summed E-state index contributed by atoms with van der Waals surface area (Å²) >= 11 is 0. The number of nitrogens with zero attached hydrogens (tertiary/aromatic N) is 5. The highest BCUT2D eigenvalue weighted by Gasteiger charge is 2.18. The van der Waals surface area contributed by atoms with E-state index in [1.54, 1.807) is 0 Å². The van der Waals surface area contributed by atoms with Crippen molar-refractivity contribution in [3.05, 3.63) is 16.8 Å². The van der Waals surface area contributed by atoms with Crippen LogP contribution < -0.4 is 15.2 Å². The van der Waals surface area contributed by atoms with E-state index in [0.717, 1.165) is 4.68 Å². The standard InChI is InChI=1S/C7H8N6O3/c1-15-5-4(6(16-2)9-3-8-5)13-7(14)10-11-12-13/h3H,1-2H3,(H,10,12,14). The lowest BCUT2D eigenvalue weighted by Crippen LogP contribution is -2.18. The number of methoxy groups -OCH3 is 2. The molecule has 0 bridgehead atoms. The van der Waals surface area contributed by atoms with Gasteiger partial charge in [-0.25, -0.2) is 9.89 Å². The van der Waals surface area contributed by atoms with E-state index in [-0.39, 0.29) is 17.4 Å². The van der Waals surface area contributed by atoms with Crippen molar-refractivity contribution in [2.24, 2.45) is 0 Å². The van der Waals surface area contributed by atoms with Crippen molar-refractivity contribution in [2.75, 3.05) is 14.2 Å². The number of H-pyrrole nitrogens is 1. The van der Waals surface area contributed by atoms with E-state index in [0.29, 0.717) is 0 Å². The van der Waals surface area contributed by atoms with Gasteiger partial charge in [0.2, 0.25) is 11.8 Å². The first-order chi connectivity index (χ1) is 7.77. The van der Waals surface area contributed by atoms with E-state index in [1.807, 2.05) is 0 Å². The highest BCUT2D eigenvalue weighted by atomic mass is 16.5. The molecule has 84 valence electrons. The van der Waals surface area contributed by atoms with Crippen LogP contribution >= 0.6 is 0 Å². The fourth-order valence-electron chi connectivity index (χ4n) is 1.17. The van der Waals surface area contributed by atoms with Crippen LogP contribution in [0.1, 0.15) is 0 Å². The third-order valence-electron chi connectivity index (χ3n) is 1.83. The minimum Gasteiger partial charge on any atom is -0.479 e. The largest absolute Gasteiger partial charge is 0.479 e.